The Hall–Kier alpha value is -1.07. The zero-order valence-corrected chi connectivity index (χ0v) is 10.3. The highest BCUT2D eigenvalue weighted by Crippen LogP contribution is 2.13. The van der Waals surface area contributed by atoms with Crippen molar-refractivity contribution in [2.45, 2.75) is 12.5 Å². The van der Waals surface area contributed by atoms with Gasteiger partial charge in [0.2, 0.25) is 0 Å². The van der Waals surface area contributed by atoms with Crippen molar-refractivity contribution in [3.8, 4) is 5.75 Å². The number of carboxylic acids is 1. The smallest absolute Gasteiger partial charge is 0.320 e. The van der Waals surface area contributed by atoms with Gasteiger partial charge in [-0.05, 0) is 24.1 Å². The number of carbonyl (C=O) groups is 1. The first-order chi connectivity index (χ1) is 7.63. The van der Waals surface area contributed by atoms with Crippen LogP contribution in [0.2, 0.25) is 0 Å². The molecule has 1 aromatic carbocycles. The topological polar surface area (TPSA) is 72.5 Å². The highest BCUT2D eigenvalue weighted by atomic mass is 79.9. The van der Waals surface area contributed by atoms with Crippen molar-refractivity contribution in [3.05, 3.63) is 29.8 Å². The zero-order chi connectivity index (χ0) is 12.0. The van der Waals surface area contributed by atoms with Crippen LogP contribution in [0.5, 0.6) is 5.75 Å². The molecule has 0 aliphatic carbocycles. The molecule has 0 aromatic heterocycles. The van der Waals surface area contributed by atoms with Gasteiger partial charge in [0, 0.05) is 5.33 Å². The van der Waals surface area contributed by atoms with Crippen molar-refractivity contribution >= 4 is 21.9 Å². The number of halogens is 1. The van der Waals surface area contributed by atoms with E-state index in [9.17, 15) is 4.79 Å². The summed E-state index contributed by atoms with van der Waals surface area (Å²) in [4.78, 5) is 10.6. The average molecular weight is 288 g/mol. The van der Waals surface area contributed by atoms with E-state index < -0.39 is 12.0 Å². The molecule has 0 amide bonds. The fourth-order valence-electron chi connectivity index (χ4n) is 1.22. The van der Waals surface area contributed by atoms with Gasteiger partial charge in [-0.15, -0.1) is 0 Å². The molecule has 0 unspecified atom stereocenters. The third kappa shape index (κ3) is 4.20. The van der Waals surface area contributed by atoms with Crippen LogP contribution in [0.25, 0.3) is 0 Å². The van der Waals surface area contributed by atoms with Crippen molar-refractivity contribution in [3.63, 3.8) is 0 Å². The molecule has 4 nitrogen and oxygen atoms in total. The third-order valence-corrected chi connectivity index (χ3v) is 2.37. The van der Waals surface area contributed by atoms with Crippen LogP contribution in [-0.2, 0) is 11.2 Å². The van der Waals surface area contributed by atoms with Crippen LogP contribution < -0.4 is 10.5 Å². The Bertz CT molecular complexity index is 340. The first-order valence-electron chi connectivity index (χ1n) is 4.89. The van der Waals surface area contributed by atoms with Gasteiger partial charge in [0.25, 0.3) is 0 Å². The predicted molar refractivity (Wildman–Crippen MR) is 65.0 cm³/mol. The van der Waals surface area contributed by atoms with Gasteiger partial charge in [0.05, 0.1) is 6.61 Å². The molecule has 0 aliphatic heterocycles. The summed E-state index contributed by atoms with van der Waals surface area (Å²) in [6.45, 7) is 0.605. The van der Waals surface area contributed by atoms with E-state index in [0.29, 0.717) is 13.0 Å². The SMILES string of the molecule is N[C@@H](Cc1ccc(OCCBr)cc1)C(=O)O. The number of hydrogen-bond donors (Lipinski definition) is 2. The molecule has 0 spiro atoms. The van der Waals surface area contributed by atoms with Gasteiger partial charge in [-0.3, -0.25) is 4.79 Å². The predicted octanol–water partition coefficient (Wildman–Crippen LogP) is 1.41. The van der Waals surface area contributed by atoms with E-state index in [2.05, 4.69) is 15.9 Å². The largest absolute Gasteiger partial charge is 0.493 e. The summed E-state index contributed by atoms with van der Waals surface area (Å²) in [5.41, 5.74) is 6.32. The monoisotopic (exact) mass is 287 g/mol. The van der Waals surface area contributed by atoms with Gasteiger partial charge in [0.1, 0.15) is 11.8 Å². The normalized spacial score (nSPS) is 12.1. The van der Waals surface area contributed by atoms with E-state index in [1.807, 2.05) is 24.3 Å². The van der Waals surface area contributed by atoms with Gasteiger partial charge in [-0.25, -0.2) is 0 Å². The minimum atomic E-state index is -0.986. The molecule has 1 atom stereocenters. The number of benzene rings is 1. The summed E-state index contributed by atoms with van der Waals surface area (Å²) in [6, 6.07) is 6.42. The van der Waals surface area contributed by atoms with E-state index in [1.54, 1.807) is 0 Å². The Kier molecular flexibility index (Phi) is 5.28. The molecule has 16 heavy (non-hydrogen) atoms. The standard InChI is InChI=1S/C11H14BrNO3/c12-5-6-16-9-3-1-8(2-4-9)7-10(13)11(14)15/h1-4,10H,5-7,13H2,(H,14,15)/t10-/m0/s1. The summed E-state index contributed by atoms with van der Waals surface area (Å²) in [5, 5.41) is 9.44. The lowest BCUT2D eigenvalue weighted by Gasteiger charge is -2.08. The van der Waals surface area contributed by atoms with Gasteiger partial charge in [-0.2, -0.15) is 0 Å². The maximum Gasteiger partial charge on any atom is 0.320 e. The number of alkyl halides is 1. The fraction of sp³-hybridized carbons (Fsp3) is 0.364. The van der Waals surface area contributed by atoms with Crippen LogP contribution in [0, 0.1) is 0 Å². The molecule has 1 rings (SSSR count). The van der Waals surface area contributed by atoms with E-state index >= 15 is 0 Å². The number of aliphatic carboxylic acids is 1. The van der Waals surface area contributed by atoms with Crippen molar-refractivity contribution < 1.29 is 14.6 Å². The molecular weight excluding hydrogens is 274 g/mol. The molecule has 1 aromatic rings. The quantitative estimate of drug-likeness (QED) is 0.776. The average Bonchev–Trinajstić information content (AvgIpc) is 2.28. The Morgan fingerprint density at radius 3 is 2.56 bits per heavy atom. The Balaban J connectivity index is 2.54. The second kappa shape index (κ2) is 6.50. The third-order valence-electron chi connectivity index (χ3n) is 2.04. The molecule has 0 fully saturated rings. The maximum absolute atomic E-state index is 10.6. The summed E-state index contributed by atoms with van der Waals surface area (Å²) in [5.74, 6) is -0.216. The summed E-state index contributed by atoms with van der Waals surface area (Å²) >= 11 is 3.26. The lowest BCUT2D eigenvalue weighted by atomic mass is 10.1. The molecule has 0 saturated heterocycles. The summed E-state index contributed by atoms with van der Waals surface area (Å²) in [7, 11) is 0. The number of hydrogen-bond acceptors (Lipinski definition) is 3. The van der Waals surface area contributed by atoms with Crippen LogP contribution in [-0.4, -0.2) is 29.1 Å². The summed E-state index contributed by atoms with van der Waals surface area (Å²) in [6.07, 6.45) is 0.327. The highest BCUT2D eigenvalue weighted by molar-refractivity contribution is 9.09. The molecule has 5 heteroatoms. The Morgan fingerprint density at radius 2 is 2.06 bits per heavy atom. The van der Waals surface area contributed by atoms with Crippen molar-refractivity contribution in [2.24, 2.45) is 5.73 Å². The minimum Gasteiger partial charge on any atom is -0.493 e. The van der Waals surface area contributed by atoms with Crippen molar-refractivity contribution in [2.75, 3.05) is 11.9 Å². The van der Waals surface area contributed by atoms with E-state index in [4.69, 9.17) is 15.6 Å². The second-order valence-electron chi connectivity index (χ2n) is 3.33. The van der Waals surface area contributed by atoms with Crippen LogP contribution in [0.4, 0.5) is 0 Å². The van der Waals surface area contributed by atoms with Crippen molar-refractivity contribution in [1.82, 2.24) is 0 Å². The number of nitrogens with two attached hydrogens (primary N) is 1. The molecule has 0 radical (unpaired) electrons. The van der Waals surface area contributed by atoms with Gasteiger partial charge < -0.3 is 15.6 Å². The van der Waals surface area contributed by atoms with E-state index in [-0.39, 0.29) is 0 Å². The highest BCUT2D eigenvalue weighted by Gasteiger charge is 2.11. The Labute approximate surface area is 103 Å². The molecule has 3 N–H and O–H groups in total. The zero-order valence-electron chi connectivity index (χ0n) is 8.73. The lowest BCUT2D eigenvalue weighted by Crippen LogP contribution is -2.32. The number of carboxylic acid groups (broad SMARTS) is 1. The van der Waals surface area contributed by atoms with Crippen LogP contribution in [0.1, 0.15) is 5.56 Å². The first kappa shape index (κ1) is 13.0. The molecule has 0 bridgehead atoms. The van der Waals surface area contributed by atoms with Gasteiger partial charge in [-0.1, -0.05) is 28.1 Å². The van der Waals surface area contributed by atoms with Crippen LogP contribution >= 0.6 is 15.9 Å². The first-order valence-corrected chi connectivity index (χ1v) is 6.01. The minimum absolute atomic E-state index is 0.327. The molecule has 0 heterocycles. The van der Waals surface area contributed by atoms with Crippen LogP contribution in [0.3, 0.4) is 0 Å². The summed E-state index contributed by atoms with van der Waals surface area (Å²) < 4.78 is 5.37. The number of ether oxygens (including phenoxy) is 1. The van der Waals surface area contributed by atoms with E-state index in [0.717, 1.165) is 16.6 Å². The number of rotatable bonds is 6. The van der Waals surface area contributed by atoms with Gasteiger partial charge in [0.15, 0.2) is 0 Å². The maximum atomic E-state index is 10.6. The molecule has 0 aliphatic rings. The second-order valence-corrected chi connectivity index (χ2v) is 4.12. The molecule has 88 valence electrons. The van der Waals surface area contributed by atoms with Gasteiger partial charge >= 0.3 is 5.97 Å². The fourth-order valence-corrected chi connectivity index (χ4v) is 1.38. The Morgan fingerprint density at radius 1 is 1.44 bits per heavy atom. The lowest BCUT2D eigenvalue weighted by molar-refractivity contribution is -0.138. The molecule has 0 saturated carbocycles. The van der Waals surface area contributed by atoms with Crippen LogP contribution in [0.15, 0.2) is 24.3 Å². The van der Waals surface area contributed by atoms with Crippen molar-refractivity contribution in [1.29, 1.82) is 0 Å². The van der Waals surface area contributed by atoms with E-state index in [1.165, 1.54) is 0 Å². The molecular formula is C11H14BrNO3.